The SMILES string of the molecule is C=C1C[C@@H]2CC[C@@]34C[C@H]5O[C@@H]6C(O3)[C@H]3O[C@H](CC[C@@H]3O[C@H]6[C@H]5O4)CC(=O)O[C@@H]3[C@@H](C)[C@@H]4O[C@@H]5C[C@]6(C[C@@H]7O[C@]8(C[C@H](C)[C@@H]9O[C@@H]%10CC(C(O)CO)O[C@@H]%10C[C@@H]9O8)C[C@H](C)[C@@H]7O6)O[C@@H]5C[C@@H]4O[C@H]3C[C@H]3O[C@@H](CC[C@@H]1O2)C[C@@H](C)C3=C. The summed E-state index contributed by atoms with van der Waals surface area (Å²) in [4.78, 5) is 14.6. The summed E-state index contributed by atoms with van der Waals surface area (Å²) in [6.07, 6.45) is 4.03. The summed E-state index contributed by atoms with van der Waals surface area (Å²) in [5.74, 6) is -2.60. The third-order valence-corrected chi connectivity index (χ3v) is 22.6. The van der Waals surface area contributed by atoms with E-state index in [-0.39, 0.29) is 159 Å². The summed E-state index contributed by atoms with van der Waals surface area (Å²) in [6, 6.07) is 0. The minimum absolute atomic E-state index is 0.0140. The van der Waals surface area contributed by atoms with Gasteiger partial charge in [0.15, 0.2) is 17.4 Å². The molecule has 3 spiro atoms. The Labute approximate surface area is 469 Å². The molecule has 80 heavy (non-hydrogen) atoms. The fourth-order valence-corrected chi connectivity index (χ4v) is 18.8. The molecule has 17 saturated heterocycles. The molecule has 0 aromatic rings. The maximum absolute atomic E-state index is 14.6. The highest BCUT2D eigenvalue weighted by Gasteiger charge is 2.70. The molecule has 17 aliphatic rings. The Morgan fingerprint density at radius 1 is 0.475 bits per heavy atom. The smallest absolute Gasteiger partial charge is 0.308 e. The van der Waals surface area contributed by atoms with E-state index in [1.165, 1.54) is 0 Å². The van der Waals surface area contributed by atoms with E-state index in [0.29, 0.717) is 70.6 Å². The maximum atomic E-state index is 14.6. The van der Waals surface area contributed by atoms with Crippen LogP contribution in [0.25, 0.3) is 0 Å². The van der Waals surface area contributed by atoms with Gasteiger partial charge >= 0.3 is 5.97 Å². The number of hydrogen-bond donors (Lipinski definition) is 2. The lowest BCUT2D eigenvalue weighted by Crippen LogP contribution is -2.62. The van der Waals surface area contributed by atoms with Crippen LogP contribution in [0, 0.1) is 23.7 Å². The van der Waals surface area contributed by atoms with Crippen molar-refractivity contribution in [1.82, 2.24) is 0 Å². The van der Waals surface area contributed by atoms with Crippen molar-refractivity contribution < 1.29 is 90.8 Å². The zero-order valence-electron chi connectivity index (χ0n) is 47.0. The standard InChI is InChI=1S/C61H86O19/c1-26-13-32-7-9-36-27(2)14-34(65-36)11-12-59-23-47-55(79-59)56-57(73-47)58(80-59)54-37(70-56)10-8-33(67-54)15-49(64)74-53-31(6)52-44(69-43(53)16-38(66-32)30(26)5)19-42-46(72-52)22-61(75-42)24-48-51(78-61)29(4)21-60(77-48)20-28(3)50-45(76-60)18-40-41(71-50)17-39(68-40)35(63)25-62/h26,28-29,31-48,50-58,62-63H,2,5,7-25H2,1,3-4,6H3/t26-,28+,29+,31+,32+,33-,34+,35?,36+,37+,38-,39?,40-,41-,42-,43+,44+,45+,46-,47-,48+,50+,51+,52+,53-,54+,55+,56+,57+,58?,59+,60-,61+/m1/s1. The zero-order chi connectivity index (χ0) is 54.3. The Kier molecular flexibility index (Phi) is 13.4. The molecule has 12 bridgehead atoms. The highest BCUT2D eigenvalue weighted by molar-refractivity contribution is 5.70. The number of fused-ring (bicyclic) bond motifs is 11. The Balaban J connectivity index is 0.628. The lowest BCUT2D eigenvalue weighted by molar-refractivity contribution is -0.369. The van der Waals surface area contributed by atoms with Gasteiger partial charge in [0.25, 0.3) is 0 Å². The Morgan fingerprint density at radius 2 is 1.12 bits per heavy atom. The Hall–Kier alpha value is -1.73. The number of esters is 1. The number of carbonyl (C=O) groups excluding carboxylic acids is 1. The second kappa shape index (κ2) is 19.9. The number of hydrogen-bond acceptors (Lipinski definition) is 19. The molecule has 0 aromatic heterocycles. The molecule has 0 amide bonds. The van der Waals surface area contributed by atoms with Crippen molar-refractivity contribution in [2.45, 2.75) is 319 Å². The molecule has 17 heterocycles. The van der Waals surface area contributed by atoms with Crippen LogP contribution in [0.3, 0.4) is 0 Å². The summed E-state index contributed by atoms with van der Waals surface area (Å²) < 4.78 is 110. The van der Waals surface area contributed by atoms with Crippen molar-refractivity contribution in [3.63, 3.8) is 0 Å². The molecule has 0 radical (unpaired) electrons. The number of aliphatic hydroxyl groups excluding tert-OH is 2. The van der Waals surface area contributed by atoms with Crippen LogP contribution in [-0.4, -0.2) is 199 Å². The lowest BCUT2D eigenvalue weighted by atomic mass is 9.78. The van der Waals surface area contributed by atoms with E-state index in [4.69, 9.17) is 75.8 Å². The summed E-state index contributed by atoms with van der Waals surface area (Å²) in [5.41, 5.74) is 2.16. The van der Waals surface area contributed by atoms with Crippen LogP contribution in [0.4, 0.5) is 0 Å². The van der Waals surface area contributed by atoms with E-state index in [1.807, 2.05) is 0 Å². The fourth-order valence-electron chi connectivity index (χ4n) is 18.8. The van der Waals surface area contributed by atoms with Gasteiger partial charge in [-0.15, -0.1) is 0 Å². The number of rotatable bonds is 2. The number of ether oxygens (including phenoxy) is 16. The first kappa shape index (κ1) is 53.7. The van der Waals surface area contributed by atoms with Crippen molar-refractivity contribution in [1.29, 1.82) is 0 Å². The van der Waals surface area contributed by atoms with Crippen LogP contribution in [0.1, 0.15) is 143 Å². The first-order chi connectivity index (χ1) is 38.6. The fraction of sp³-hybridized carbons (Fsp3) is 0.918. The van der Waals surface area contributed by atoms with Crippen LogP contribution in [0.5, 0.6) is 0 Å². The van der Waals surface area contributed by atoms with Crippen molar-refractivity contribution in [3.05, 3.63) is 24.3 Å². The van der Waals surface area contributed by atoms with Crippen molar-refractivity contribution in [2.75, 3.05) is 6.61 Å². The van der Waals surface area contributed by atoms with Crippen LogP contribution >= 0.6 is 0 Å². The number of aliphatic hydroxyl groups is 2. The van der Waals surface area contributed by atoms with Crippen LogP contribution in [0.15, 0.2) is 24.3 Å². The molecule has 0 aromatic carbocycles. The van der Waals surface area contributed by atoms with Gasteiger partial charge in [-0.05, 0) is 73.8 Å². The Bertz CT molecular complexity index is 2410. The molecule has 17 aliphatic heterocycles. The molecule has 444 valence electrons. The summed E-state index contributed by atoms with van der Waals surface area (Å²) in [5, 5.41) is 20.0. The maximum Gasteiger partial charge on any atom is 0.308 e. The van der Waals surface area contributed by atoms with Crippen molar-refractivity contribution in [2.24, 2.45) is 23.7 Å². The van der Waals surface area contributed by atoms with E-state index in [1.54, 1.807) is 0 Å². The molecular formula is C61H86O19. The third-order valence-electron chi connectivity index (χ3n) is 22.6. The predicted octanol–water partition coefficient (Wildman–Crippen LogP) is 5.33. The molecule has 17 fully saturated rings. The first-order valence-electron chi connectivity index (χ1n) is 31.4. The molecule has 33 atom stereocenters. The minimum atomic E-state index is -0.941. The molecule has 0 saturated carbocycles. The summed E-state index contributed by atoms with van der Waals surface area (Å²) in [7, 11) is 0. The molecule has 19 nitrogen and oxygen atoms in total. The normalized spacial score (nSPS) is 58.9. The van der Waals surface area contributed by atoms with Gasteiger partial charge in [0, 0.05) is 70.1 Å². The van der Waals surface area contributed by atoms with Crippen LogP contribution in [-0.2, 0) is 80.6 Å². The van der Waals surface area contributed by atoms with Gasteiger partial charge < -0.3 is 86.0 Å². The van der Waals surface area contributed by atoms with E-state index in [9.17, 15) is 15.0 Å². The molecule has 19 heteroatoms. The molecule has 3 unspecified atom stereocenters. The lowest BCUT2D eigenvalue weighted by Gasteiger charge is -2.54. The highest BCUT2D eigenvalue weighted by atomic mass is 16.8. The van der Waals surface area contributed by atoms with Gasteiger partial charge in [0.2, 0.25) is 0 Å². The predicted molar refractivity (Wildman–Crippen MR) is 276 cm³/mol. The molecule has 0 aliphatic carbocycles. The van der Waals surface area contributed by atoms with Crippen molar-refractivity contribution >= 4 is 5.97 Å². The van der Waals surface area contributed by atoms with E-state index < -0.39 is 60.1 Å². The van der Waals surface area contributed by atoms with Gasteiger partial charge in [-0.1, -0.05) is 40.9 Å². The van der Waals surface area contributed by atoms with Gasteiger partial charge in [-0.25, -0.2) is 0 Å². The number of carbonyl (C=O) groups is 1. The average molecular weight is 1120 g/mol. The summed E-state index contributed by atoms with van der Waals surface area (Å²) >= 11 is 0. The zero-order valence-corrected chi connectivity index (χ0v) is 47.0. The van der Waals surface area contributed by atoms with E-state index >= 15 is 0 Å². The second-order valence-electron chi connectivity index (χ2n) is 28.1. The van der Waals surface area contributed by atoms with E-state index in [2.05, 4.69) is 40.9 Å². The third kappa shape index (κ3) is 8.99. The second-order valence-corrected chi connectivity index (χ2v) is 28.1. The topological polar surface area (TPSA) is 205 Å². The van der Waals surface area contributed by atoms with Crippen LogP contribution in [0.2, 0.25) is 0 Å². The van der Waals surface area contributed by atoms with E-state index in [0.717, 1.165) is 49.7 Å². The summed E-state index contributed by atoms with van der Waals surface area (Å²) in [6.45, 7) is 17.6. The van der Waals surface area contributed by atoms with Gasteiger partial charge in [-0.3, -0.25) is 4.79 Å². The highest BCUT2D eigenvalue weighted by Crippen LogP contribution is 2.58. The molecular weight excluding hydrogens is 1040 g/mol. The van der Waals surface area contributed by atoms with Crippen LogP contribution < -0.4 is 0 Å². The van der Waals surface area contributed by atoms with Gasteiger partial charge in [-0.2, -0.15) is 0 Å². The largest absolute Gasteiger partial charge is 0.459 e. The van der Waals surface area contributed by atoms with Gasteiger partial charge in [0.05, 0.1) is 129 Å². The molecule has 2 N–H and O–H groups in total. The molecule has 17 rings (SSSR count). The van der Waals surface area contributed by atoms with Gasteiger partial charge in [0.1, 0.15) is 42.7 Å². The van der Waals surface area contributed by atoms with Crippen molar-refractivity contribution in [3.8, 4) is 0 Å². The average Bonchev–Trinajstić information content (AvgIpc) is 3.61. The first-order valence-corrected chi connectivity index (χ1v) is 31.4. The quantitative estimate of drug-likeness (QED) is 0.265. The monoisotopic (exact) mass is 1120 g/mol. The Morgan fingerprint density at radius 3 is 1.99 bits per heavy atom. The minimum Gasteiger partial charge on any atom is -0.459 e.